The van der Waals surface area contributed by atoms with Gasteiger partial charge >= 0.3 is 0 Å². The summed E-state index contributed by atoms with van der Waals surface area (Å²) in [6, 6.07) is 10.0. The number of nitrogens with one attached hydrogen (secondary N) is 2. The molecular weight excluding hydrogens is 388 g/mol. The molecule has 0 radical (unpaired) electrons. The van der Waals surface area contributed by atoms with Crippen LogP contribution in [0.2, 0.25) is 5.02 Å². The Morgan fingerprint density at radius 3 is 2.93 bits per heavy atom. The molecule has 156 valence electrons. The zero-order valence-corrected chi connectivity index (χ0v) is 18.2. The predicted octanol–water partition coefficient (Wildman–Crippen LogP) is 2.75. The molecule has 29 heavy (non-hydrogen) atoms. The summed E-state index contributed by atoms with van der Waals surface area (Å²) in [5.74, 6) is 2.57. The maximum absolute atomic E-state index is 6.19. The van der Waals surface area contributed by atoms with Crippen LogP contribution in [-0.4, -0.2) is 58.3 Å². The van der Waals surface area contributed by atoms with E-state index in [2.05, 4.69) is 31.6 Å². The molecule has 8 heteroatoms. The lowest BCUT2D eigenvalue weighted by atomic mass is 10.2. The Bertz CT molecular complexity index is 857. The summed E-state index contributed by atoms with van der Waals surface area (Å²) in [7, 11) is 7.47. The minimum atomic E-state index is 0.284. The highest BCUT2D eigenvalue weighted by molar-refractivity contribution is 6.30. The Morgan fingerprint density at radius 2 is 2.21 bits per heavy atom. The summed E-state index contributed by atoms with van der Waals surface area (Å²) in [4.78, 5) is 13.1. The number of pyridine rings is 1. The molecule has 1 fully saturated rings. The minimum absolute atomic E-state index is 0.284. The summed E-state index contributed by atoms with van der Waals surface area (Å²) in [5.41, 5.74) is 2.15. The second-order valence-corrected chi connectivity index (χ2v) is 7.63. The minimum Gasteiger partial charge on any atom is -0.495 e. The molecule has 1 atom stereocenters. The molecule has 1 saturated heterocycles. The lowest BCUT2D eigenvalue weighted by Gasteiger charge is -2.23. The van der Waals surface area contributed by atoms with E-state index in [9.17, 15) is 0 Å². The van der Waals surface area contributed by atoms with E-state index in [-0.39, 0.29) is 6.04 Å². The van der Waals surface area contributed by atoms with E-state index >= 15 is 0 Å². The summed E-state index contributed by atoms with van der Waals surface area (Å²) in [6.45, 7) is 2.44. The van der Waals surface area contributed by atoms with E-state index in [1.54, 1.807) is 14.2 Å². The van der Waals surface area contributed by atoms with Crippen molar-refractivity contribution in [3.63, 3.8) is 0 Å². The van der Waals surface area contributed by atoms with Crippen molar-refractivity contribution in [1.82, 2.24) is 15.6 Å². The Morgan fingerprint density at radius 1 is 1.38 bits per heavy atom. The van der Waals surface area contributed by atoms with Gasteiger partial charge in [0.15, 0.2) is 5.96 Å². The van der Waals surface area contributed by atoms with Crippen LogP contribution in [-0.2, 0) is 6.54 Å². The number of aliphatic imine (C=N–C) groups is 1. The van der Waals surface area contributed by atoms with Gasteiger partial charge in [-0.3, -0.25) is 4.99 Å². The van der Waals surface area contributed by atoms with E-state index in [1.165, 1.54) is 0 Å². The Hall–Kier alpha value is -2.67. The fourth-order valence-electron chi connectivity index (χ4n) is 3.55. The number of guanidine groups is 1. The highest BCUT2D eigenvalue weighted by Crippen LogP contribution is 2.33. The van der Waals surface area contributed by atoms with Crippen molar-refractivity contribution in [2.45, 2.75) is 19.0 Å². The maximum atomic E-state index is 6.19. The normalized spacial score (nSPS) is 16.7. The number of hydrogen-bond acceptors (Lipinski definition) is 5. The van der Waals surface area contributed by atoms with Crippen molar-refractivity contribution in [1.29, 1.82) is 0 Å². The second-order valence-electron chi connectivity index (χ2n) is 7.20. The summed E-state index contributed by atoms with van der Waals surface area (Å²) >= 11 is 6.19. The van der Waals surface area contributed by atoms with Crippen molar-refractivity contribution < 1.29 is 4.74 Å². The van der Waals surface area contributed by atoms with E-state index in [1.807, 2.05) is 49.5 Å². The molecule has 0 saturated carbocycles. The Balaban J connectivity index is 1.60. The number of benzene rings is 1. The molecule has 1 aromatic heterocycles. The molecule has 7 nitrogen and oxygen atoms in total. The molecule has 0 spiro atoms. The number of nitrogens with zero attached hydrogens (tertiary/aromatic N) is 4. The number of methoxy groups -OCH3 is 1. The number of halogens is 1. The number of aromatic nitrogens is 1. The van der Waals surface area contributed by atoms with Gasteiger partial charge in [-0.2, -0.15) is 0 Å². The molecule has 3 rings (SSSR count). The molecule has 2 heterocycles. The smallest absolute Gasteiger partial charge is 0.191 e. The van der Waals surface area contributed by atoms with Gasteiger partial charge in [0.1, 0.15) is 11.6 Å². The van der Waals surface area contributed by atoms with Crippen LogP contribution in [0.5, 0.6) is 5.75 Å². The van der Waals surface area contributed by atoms with Crippen molar-refractivity contribution in [3.8, 4) is 5.75 Å². The van der Waals surface area contributed by atoms with Gasteiger partial charge in [-0.25, -0.2) is 4.98 Å². The fraction of sp³-hybridized carbons (Fsp3) is 0.429. The van der Waals surface area contributed by atoms with Crippen LogP contribution in [0.15, 0.2) is 41.5 Å². The van der Waals surface area contributed by atoms with Gasteiger partial charge in [-0.15, -0.1) is 0 Å². The lowest BCUT2D eigenvalue weighted by Crippen LogP contribution is -2.44. The van der Waals surface area contributed by atoms with Crippen molar-refractivity contribution in [2.24, 2.45) is 4.99 Å². The number of hydrogen-bond donors (Lipinski definition) is 2. The first-order valence-corrected chi connectivity index (χ1v) is 10.1. The monoisotopic (exact) mass is 416 g/mol. The van der Waals surface area contributed by atoms with Crippen LogP contribution in [0.4, 0.5) is 11.5 Å². The summed E-state index contributed by atoms with van der Waals surface area (Å²) in [6.07, 6.45) is 2.81. The molecule has 2 N–H and O–H groups in total. The standard InChI is InChI=1S/C21H29ClN6O/c1-23-21(25-13-15-6-5-10-24-20(15)27(2)3)26-17-9-11-28(14-17)18-12-16(22)7-8-19(18)29-4/h5-8,10,12,17H,9,11,13-14H2,1-4H3,(H2,23,25,26). The Kier molecular flexibility index (Phi) is 7.04. The first-order valence-electron chi connectivity index (χ1n) is 9.68. The molecule has 1 aliphatic rings. The second kappa shape index (κ2) is 9.69. The van der Waals surface area contributed by atoms with Crippen molar-refractivity contribution in [2.75, 3.05) is 51.1 Å². The first kappa shape index (κ1) is 21.0. The van der Waals surface area contributed by atoms with Gasteiger partial charge in [0.2, 0.25) is 0 Å². The molecule has 0 aliphatic carbocycles. The van der Waals surface area contributed by atoms with E-state index in [0.717, 1.165) is 48.3 Å². The topological polar surface area (TPSA) is 65.0 Å². The highest BCUT2D eigenvalue weighted by atomic mass is 35.5. The predicted molar refractivity (Wildman–Crippen MR) is 121 cm³/mol. The van der Waals surface area contributed by atoms with Gasteiger partial charge < -0.3 is 25.2 Å². The third-order valence-electron chi connectivity index (χ3n) is 4.97. The van der Waals surface area contributed by atoms with Crippen LogP contribution in [0.25, 0.3) is 0 Å². The van der Waals surface area contributed by atoms with Crippen molar-refractivity contribution in [3.05, 3.63) is 47.1 Å². The zero-order valence-electron chi connectivity index (χ0n) is 17.4. The number of rotatable bonds is 6. The van der Waals surface area contributed by atoms with Gasteiger partial charge in [0.25, 0.3) is 0 Å². The zero-order chi connectivity index (χ0) is 20.8. The fourth-order valence-corrected chi connectivity index (χ4v) is 3.71. The van der Waals surface area contributed by atoms with Gasteiger partial charge in [0, 0.05) is 63.6 Å². The molecular formula is C21H29ClN6O. The van der Waals surface area contributed by atoms with Crippen LogP contribution in [0.1, 0.15) is 12.0 Å². The van der Waals surface area contributed by atoms with Crippen LogP contribution >= 0.6 is 11.6 Å². The SMILES string of the molecule is CN=C(NCc1cccnc1N(C)C)NC1CCN(c2cc(Cl)ccc2OC)C1. The van der Waals surface area contributed by atoms with Crippen LogP contribution in [0.3, 0.4) is 0 Å². The van der Waals surface area contributed by atoms with E-state index in [4.69, 9.17) is 16.3 Å². The average molecular weight is 417 g/mol. The van der Waals surface area contributed by atoms with Gasteiger partial charge in [0.05, 0.1) is 12.8 Å². The summed E-state index contributed by atoms with van der Waals surface area (Å²) in [5, 5.41) is 7.64. The first-order chi connectivity index (χ1) is 14.0. The third-order valence-corrected chi connectivity index (χ3v) is 5.21. The Labute approximate surface area is 177 Å². The molecule has 0 amide bonds. The highest BCUT2D eigenvalue weighted by Gasteiger charge is 2.25. The van der Waals surface area contributed by atoms with Gasteiger partial charge in [-0.05, 0) is 30.7 Å². The molecule has 1 aliphatic heterocycles. The maximum Gasteiger partial charge on any atom is 0.191 e. The molecule has 1 unspecified atom stereocenters. The van der Waals surface area contributed by atoms with E-state index in [0.29, 0.717) is 11.6 Å². The van der Waals surface area contributed by atoms with Crippen LogP contribution < -0.4 is 25.2 Å². The molecule has 2 aromatic rings. The molecule has 1 aromatic carbocycles. The van der Waals surface area contributed by atoms with Gasteiger partial charge in [-0.1, -0.05) is 17.7 Å². The third kappa shape index (κ3) is 5.23. The van der Waals surface area contributed by atoms with Crippen molar-refractivity contribution >= 4 is 29.1 Å². The quantitative estimate of drug-likeness (QED) is 0.557. The average Bonchev–Trinajstić information content (AvgIpc) is 3.19. The molecule has 0 bridgehead atoms. The summed E-state index contributed by atoms with van der Waals surface area (Å²) < 4.78 is 5.50. The van der Waals surface area contributed by atoms with E-state index < -0.39 is 0 Å². The lowest BCUT2D eigenvalue weighted by molar-refractivity contribution is 0.415. The number of ether oxygens (including phenoxy) is 1. The number of anilines is 2. The van der Waals surface area contributed by atoms with Crippen LogP contribution in [0, 0.1) is 0 Å². The largest absolute Gasteiger partial charge is 0.495 e.